The number of likely N-dealkylation sites (N-methyl/N-ethyl adjacent to an activating group) is 1. The van der Waals surface area contributed by atoms with E-state index in [0.29, 0.717) is 6.42 Å². The fourth-order valence-corrected chi connectivity index (χ4v) is 2.43. The third kappa shape index (κ3) is 5.93. The number of amides is 2. The third-order valence-corrected chi connectivity index (χ3v) is 3.79. The summed E-state index contributed by atoms with van der Waals surface area (Å²) in [6.45, 7) is 0.510. The van der Waals surface area contributed by atoms with Gasteiger partial charge in [0.2, 0.25) is 0 Å². The second-order valence-electron chi connectivity index (χ2n) is 5.88. The lowest BCUT2D eigenvalue weighted by atomic mass is 10.1. The van der Waals surface area contributed by atoms with Crippen molar-refractivity contribution in [3.8, 4) is 0 Å². The summed E-state index contributed by atoms with van der Waals surface area (Å²) >= 11 is 0. The van der Waals surface area contributed by atoms with Crippen LogP contribution >= 0.6 is 0 Å². The molecule has 3 N–H and O–H groups in total. The van der Waals surface area contributed by atoms with E-state index < -0.39 is 12.1 Å². The molecule has 1 atom stereocenters. The van der Waals surface area contributed by atoms with Crippen LogP contribution < -0.4 is 5.32 Å². The lowest BCUT2D eigenvalue weighted by Gasteiger charge is -2.21. The van der Waals surface area contributed by atoms with Gasteiger partial charge in [-0.2, -0.15) is 0 Å². The molecule has 0 radical (unpaired) electrons. The maximum Gasteiger partial charge on any atom is 0.335 e. The molecule has 6 heteroatoms. The van der Waals surface area contributed by atoms with Crippen molar-refractivity contribution in [2.75, 3.05) is 13.6 Å². The van der Waals surface area contributed by atoms with Gasteiger partial charge in [0, 0.05) is 26.6 Å². The van der Waals surface area contributed by atoms with E-state index >= 15 is 0 Å². The van der Waals surface area contributed by atoms with Gasteiger partial charge in [-0.3, -0.25) is 0 Å². The van der Waals surface area contributed by atoms with Crippen LogP contribution in [-0.2, 0) is 13.0 Å². The Balaban J connectivity index is 1.78. The lowest BCUT2D eigenvalue weighted by molar-refractivity contribution is 0.0697. The molecule has 25 heavy (non-hydrogen) atoms. The Labute approximate surface area is 146 Å². The van der Waals surface area contributed by atoms with Crippen LogP contribution in [0, 0.1) is 0 Å². The summed E-state index contributed by atoms with van der Waals surface area (Å²) in [4.78, 5) is 24.3. The highest BCUT2D eigenvalue weighted by Gasteiger charge is 2.14. The van der Waals surface area contributed by atoms with Gasteiger partial charge in [-0.05, 0) is 23.3 Å². The molecule has 2 aromatic carbocycles. The Bertz CT molecular complexity index is 701. The first-order valence-corrected chi connectivity index (χ1v) is 7.99. The molecule has 0 saturated carbocycles. The molecule has 0 fully saturated rings. The van der Waals surface area contributed by atoms with Crippen LogP contribution in [0.2, 0.25) is 0 Å². The Hall–Kier alpha value is -2.86. The van der Waals surface area contributed by atoms with Crippen molar-refractivity contribution < 1.29 is 19.8 Å². The highest BCUT2D eigenvalue weighted by Crippen LogP contribution is 2.06. The number of urea groups is 1. The second kappa shape index (κ2) is 8.84. The molecule has 6 nitrogen and oxygen atoms in total. The largest absolute Gasteiger partial charge is 0.478 e. The molecule has 0 spiro atoms. The molecular formula is C19H22N2O4. The summed E-state index contributed by atoms with van der Waals surface area (Å²) in [5.41, 5.74) is 2.02. The van der Waals surface area contributed by atoms with Crippen LogP contribution in [0.1, 0.15) is 21.5 Å². The maximum absolute atomic E-state index is 12.1. The van der Waals surface area contributed by atoms with E-state index in [0.717, 1.165) is 11.1 Å². The maximum atomic E-state index is 12.1. The van der Waals surface area contributed by atoms with Gasteiger partial charge in [0.15, 0.2) is 0 Å². The van der Waals surface area contributed by atoms with Crippen molar-refractivity contribution in [3.05, 3.63) is 71.3 Å². The van der Waals surface area contributed by atoms with Gasteiger partial charge in [0.05, 0.1) is 11.7 Å². The van der Waals surface area contributed by atoms with Crippen LogP contribution in [-0.4, -0.2) is 46.8 Å². The van der Waals surface area contributed by atoms with Crippen molar-refractivity contribution in [2.45, 2.75) is 19.1 Å². The number of aromatic carboxylic acids is 1. The van der Waals surface area contributed by atoms with Crippen molar-refractivity contribution in [1.29, 1.82) is 0 Å². The fraction of sp³-hybridized carbons (Fsp3) is 0.263. The van der Waals surface area contributed by atoms with Crippen molar-refractivity contribution in [1.82, 2.24) is 10.2 Å². The number of aliphatic hydroxyl groups is 1. The zero-order valence-electron chi connectivity index (χ0n) is 14.1. The van der Waals surface area contributed by atoms with Gasteiger partial charge in [-0.25, -0.2) is 9.59 Å². The first kappa shape index (κ1) is 18.5. The van der Waals surface area contributed by atoms with Crippen LogP contribution in [0.4, 0.5) is 4.79 Å². The predicted octanol–water partition coefficient (Wildman–Crippen LogP) is 2.13. The topological polar surface area (TPSA) is 89.9 Å². The predicted molar refractivity (Wildman–Crippen MR) is 94.4 cm³/mol. The van der Waals surface area contributed by atoms with E-state index in [1.165, 1.54) is 17.0 Å². The first-order chi connectivity index (χ1) is 12.0. The number of carbonyl (C=O) groups excluding carboxylic acids is 1. The highest BCUT2D eigenvalue weighted by molar-refractivity contribution is 5.87. The average Bonchev–Trinajstić information content (AvgIpc) is 2.60. The minimum Gasteiger partial charge on any atom is -0.478 e. The fourth-order valence-electron chi connectivity index (χ4n) is 2.43. The summed E-state index contributed by atoms with van der Waals surface area (Å²) in [7, 11) is 1.62. The Kier molecular flexibility index (Phi) is 6.54. The van der Waals surface area contributed by atoms with E-state index in [1.54, 1.807) is 19.2 Å². The number of hydrogen-bond donors (Lipinski definition) is 3. The van der Waals surface area contributed by atoms with E-state index in [4.69, 9.17) is 5.11 Å². The number of nitrogens with one attached hydrogen (secondary N) is 1. The Morgan fingerprint density at radius 1 is 1.04 bits per heavy atom. The summed E-state index contributed by atoms with van der Waals surface area (Å²) in [6, 6.07) is 15.6. The van der Waals surface area contributed by atoms with E-state index in [2.05, 4.69) is 5.32 Å². The van der Waals surface area contributed by atoms with E-state index in [9.17, 15) is 14.7 Å². The standard InChI is InChI=1S/C19H22N2O4/c1-21(13-17(22)11-14-5-3-2-4-6-14)19(25)20-12-15-7-9-16(10-8-15)18(23)24/h2-10,17,22H,11-13H2,1H3,(H,20,25)(H,23,24). The summed E-state index contributed by atoms with van der Waals surface area (Å²) in [6.07, 6.45) is -0.164. The zero-order valence-corrected chi connectivity index (χ0v) is 14.1. The molecule has 2 rings (SSSR count). The SMILES string of the molecule is CN(CC(O)Cc1ccccc1)C(=O)NCc1ccc(C(=O)O)cc1. The first-order valence-electron chi connectivity index (χ1n) is 7.99. The summed E-state index contributed by atoms with van der Waals surface area (Å²) < 4.78 is 0. The normalized spacial score (nSPS) is 11.6. The summed E-state index contributed by atoms with van der Waals surface area (Å²) in [5, 5.41) is 21.7. The molecule has 0 aliphatic carbocycles. The Morgan fingerprint density at radius 2 is 1.68 bits per heavy atom. The zero-order chi connectivity index (χ0) is 18.2. The molecule has 1 unspecified atom stereocenters. The number of carbonyl (C=O) groups is 2. The van der Waals surface area contributed by atoms with Crippen molar-refractivity contribution in [2.24, 2.45) is 0 Å². The Morgan fingerprint density at radius 3 is 2.28 bits per heavy atom. The molecule has 0 aliphatic heterocycles. The van der Waals surface area contributed by atoms with Crippen LogP contribution in [0.15, 0.2) is 54.6 Å². The lowest BCUT2D eigenvalue weighted by Crippen LogP contribution is -2.41. The van der Waals surface area contributed by atoms with Gasteiger partial charge >= 0.3 is 12.0 Å². The number of rotatable bonds is 7. The van der Waals surface area contributed by atoms with Crippen LogP contribution in [0.25, 0.3) is 0 Å². The highest BCUT2D eigenvalue weighted by atomic mass is 16.4. The number of benzene rings is 2. The molecule has 0 saturated heterocycles. The molecule has 0 aliphatic rings. The number of carboxylic acid groups (broad SMARTS) is 1. The molecule has 0 heterocycles. The molecule has 0 bridgehead atoms. The van der Waals surface area contributed by atoms with Crippen LogP contribution in [0.5, 0.6) is 0 Å². The van der Waals surface area contributed by atoms with Crippen molar-refractivity contribution >= 4 is 12.0 Å². The summed E-state index contributed by atoms with van der Waals surface area (Å²) in [5.74, 6) is -0.984. The monoisotopic (exact) mass is 342 g/mol. The molecular weight excluding hydrogens is 320 g/mol. The number of nitrogens with zero attached hydrogens (tertiary/aromatic N) is 1. The van der Waals surface area contributed by atoms with Gasteiger partial charge < -0.3 is 20.4 Å². The minimum absolute atomic E-state index is 0.205. The van der Waals surface area contributed by atoms with Gasteiger partial charge in [-0.1, -0.05) is 42.5 Å². The molecule has 2 aromatic rings. The molecule has 132 valence electrons. The molecule has 0 aromatic heterocycles. The van der Waals surface area contributed by atoms with Gasteiger partial charge in [0.1, 0.15) is 0 Å². The van der Waals surface area contributed by atoms with Crippen molar-refractivity contribution in [3.63, 3.8) is 0 Å². The van der Waals surface area contributed by atoms with Crippen LogP contribution in [0.3, 0.4) is 0 Å². The number of aliphatic hydroxyl groups excluding tert-OH is 1. The number of hydrogen-bond acceptors (Lipinski definition) is 3. The quantitative estimate of drug-likeness (QED) is 0.719. The van der Waals surface area contributed by atoms with Gasteiger partial charge in [-0.15, -0.1) is 0 Å². The number of carboxylic acids is 1. The minimum atomic E-state index is -0.984. The second-order valence-corrected chi connectivity index (χ2v) is 5.88. The average molecular weight is 342 g/mol. The van der Waals surface area contributed by atoms with E-state index in [-0.39, 0.29) is 24.7 Å². The smallest absolute Gasteiger partial charge is 0.335 e. The van der Waals surface area contributed by atoms with Gasteiger partial charge in [0.25, 0.3) is 0 Å². The van der Waals surface area contributed by atoms with E-state index in [1.807, 2.05) is 30.3 Å². The molecule has 2 amide bonds. The third-order valence-electron chi connectivity index (χ3n) is 3.79.